The molecule has 0 amide bonds. The predicted molar refractivity (Wildman–Crippen MR) is 96.2 cm³/mol. The second-order valence-corrected chi connectivity index (χ2v) is 6.83. The lowest BCUT2D eigenvalue weighted by Crippen LogP contribution is -2.27. The Hall–Kier alpha value is -1.09. The predicted octanol–water partition coefficient (Wildman–Crippen LogP) is 5.86. The summed E-state index contributed by atoms with van der Waals surface area (Å²) in [5.74, 6) is 0. The van der Waals surface area contributed by atoms with Gasteiger partial charge in [0.15, 0.2) is 0 Å². The number of halogens is 1. The van der Waals surface area contributed by atoms with Crippen LogP contribution in [0.5, 0.6) is 0 Å². The van der Waals surface area contributed by atoms with Gasteiger partial charge < -0.3 is 5.32 Å². The summed E-state index contributed by atoms with van der Waals surface area (Å²) in [6.07, 6.45) is 3.43. The van der Waals surface area contributed by atoms with Crippen LogP contribution in [-0.2, 0) is 0 Å². The third-order valence-corrected chi connectivity index (χ3v) is 4.81. The van der Waals surface area contributed by atoms with Crippen molar-refractivity contribution in [2.45, 2.75) is 33.2 Å². The summed E-state index contributed by atoms with van der Waals surface area (Å²) in [6.45, 7) is 7.65. The minimum absolute atomic E-state index is 0.418. The maximum Gasteiger partial charge on any atom is 0.0412 e. The molecule has 2 aromatic rings. The largest absolute Gasteiger partial charge is 0.311 e. The first-order valence-electron chi connectivity index (χ1n) is 7.37. The molecule has 0 saturated carbocycles. The zero-order chi connectivity index (χ0) is 15.2. The minimum atomic E-state index is 0.418. The molecule has 0 aliphatic heterocycles. The Kier molecular flexibility index (Phi) is 6.04. The van der Waals surface area contributed by atoms with Crippen LogP contribution in [0.25, 0.3) is 16.5 Å². The fourth-order valence-corrected chi connectivity index (χ4v) is 3.30. The van der Waals surface area contributed by atoms with Crippen LogP contribution in [-0.4, -0.2) is 12.6 Å². The number of thiophene rings is 1. The zero-order valence-corrected chi connectivity index (χ0v) is 14.4. The minimum Gasteiger partial charge on any atom is -0.311 e. The molecule has 0 aliphatic carbocycles. The highest BCUT2D eigenvalue weighted by Gasteiger charge is 2.05. The zero-order valence-electron chi connectivity index (χ0n) is 12.8. The molecule has 1 N–H and O–H groups in total. The van der Waals surface area contributed by atoms with Crippen LogP contribution in [0.15, 0.2) is 42.0 Å². The second-order valence-electron chi connectivity index (χ2n) is 5.28. The van der Waals surface area contributed by atoms with Crippen LogP contribution >= 0.6 is 22.9 Å². The summed E-state index contributed by atoms with van der Waals surface area (Å²) in [5.41, 5.74) is 2.55. The molecule has 112 valence electrons. The van der Waals surface area contributed by atoms with Crippen LogP contribution in [0.2, 0.25) is 5.02 Å². The number of benzene rings is 1. The molecule has 0 fully saturated rings. The first kappa shape index (κ1) is 16.3. The Balaban J connectivity index is 2.12. The molecule has 1 nitrogen and oxygen atoms in total. The maximum absolute atomic E-state index is 6.06. The van der Waals surface area contributed by atoms with Crippen molar-refractivity contribution in [1.29, 1.82) is 0 Å². The molecule has 0 bridgehead atoms. The summed E-state index contributed by atoms with van der Waals surface area (Å²) < 4.78 is 0. The molecule has 1 aromatic carbocycles. The smallest absolute Gasteiger partial charge is 0.0412 e. The van der Waals surface area contributed by atoms with Gasteiger partial charge in [-0.05, 0) is 62.7 Å². The quantitative estimate of drug-likeness (QED) is 0.703. The van der Waals surface area contributed by atoms with Crippen LogP contribution < -0.4 is 5.32 Å². The highest BCUT2D eigenvalue weighted by molar-refractivity contribution is 7.16. The van der Waals surface area contributed by atoms with E-state index in [0.29, 0.717) is 6.04 Å². The number of hydrogen-bond acceptors (Lipinski definition) is 2. The summed E-state index contributed by atoms with van der Waals surface area (Å²) in [4.78, 5) is 2.54. The van der Waals surface area contributed by atoms with Crippen molar-refractivity contribution < 1.29 is 0 Å². The Morgan fingerprint density at radius 3 is 2.86 bits per heavy atom. The first-order chi connectivity index (χ1) is 10.1. The van der Waals surface area contributed by atoms with E-state index in [4.69, 9.17) is 11.6 Å². The summed E-state index contributed by atoms with van der Waals surface area (Å²) in [5, 5.41) is 4.30. The Bertz CT molecular complexity index is 615. The topological polar surface area (TPSA) is 12.0 Å². The van der Waals surface area contributed by atoms with Gasteiger partial charge in [0.2, 0.25) is 0 Å². The SMILES string of the molecule is CCCNC(C)/C(C)=C/c1ccc(-c2cccc(Cl)c2)s1. The molecule has 0 aliphatic rings. The van der Waals surface area contributed by atoms with Crippen molar-refractivity contribution in [3.05, 3.63) is 51.9 Å². The van der Waals surface area contributed by atoms with Gasteiger partial charge in [-0.1, -0.05) is 36.2 Å². The third-order valence-electron chi connectivity index (χ3n) is 3.49. The van der Waals surface area contributed by atoms with E-state index >= 15 is 0 Å². The summed E-state index contributed by atoms with van der Waals surface area (Å²) in [6, 6.07) is 12.8. The molecule has 1 heterocycles. The van der Waals surface area contributed by atoms with Crippen LogP contribution in [0.3, 0.4) is 0 Å². The average molecular weight is 320 g/mol. The van der Waals surface area contributed by atoms with Crippen molar-refractivity contribution in [1.82, 2.24) is 5.32 Å². The van der Waals surface area contributed by atoms with Gasteiger partial charge in [-0.3, -0.25) is 0 Å². The lowest BCUT2D eigenvalue weighted by atomic mass is 10.1. The second kappa shape index (κ2) is 7.79. The summed E-state index contributed by atoms with van der Waals surface area (Å²) >= 11 is 7.86. The Morgan fingerprint density at radius 2 is 2.14 bits per heavy atom. The molecule has 1 atom stereocenters. The summed E-state index contributed by atoms with van der Waals surface area (Å²) in [7, 11) is 0. The highest BCUT2D eigenvalue weighted by Crippen LogP contribution is 2.31. The van der Waals surface area contributed by atoms with Crippen molar-refractivity contribution in [2.75, 3.05) is 6.54 Å². The van der Waals surface area contributed by atoms with Gasteiger partial charge in [0.1, 0.15) is 0 Å². The molecule has 2 rings (SSSR count). The highest BCUT2D eigenvalue weighted by atomic mass is 35.5. The Labute approximate surface area is 136 Å². The van der Waals surface area contributed by atoms with E-state index in [-0.39, 0.29) is 0 Å². The van der Waals surface area contributed by atoms with Crippen molar-refractivity contribution in [2.24, 2.45) is 0 Å². The lowest BCUT2D eigenvalue weighted by Gasteiger charge is -2.13. The monoisotopic (exact) mass is 319 g/mol. The molecule has 21 heavy (non-hydrogen) atoms. The van der Waals surface area contributed by atoms with E-state index in [1.165, 1.54) is 20.9 Å². The van der Waals surface area contributed by atoms with E-state index in [1.54, 1.807) is 11.3 Å². The van der Waals surface area contributed by atoms with Crippen molar-refractivity contribution in [3.63, 3.8) is 0 Å². The van der Waals surface area contributed by atoms with E-state index in [2.05, 4.69) is 50.4 Å². The number of nitrogens with one attached hydrogen (secondary N) is 1. The first-order valence-corrected chi connectivity index (χ1v) is 8.57. The van der Waals surface area contributed by atoms with Crippen LogP contribution in [0.1, 0.15) is 32.1 Å². The fourth-order valence-electron chi connectivity index (χ4n) is 2.10. The van der Waals surface area contributed by atoms with Crippen molar-refractivity contribution in [3.8, 4) is 10.4 Å². The standard InChI is InChI=1S/C18H22ClNS/c1-4-10-20-14(3)13(2)11-17-8-9-18(21-17)15-6-5-7-16(19)12-15/h5-9,11-12,14,20H,4,10H2,1-3H3/b13-11+. The number of rotatable bonds is 6. The van der Waals surface area contributed by atoms with E-state index in [9.17, 15) is 0 Å². The van der Waals surface area contributed by atoms with Gasteiger partial charge in [-0.2, -0.15) is 0 Å². The maximum atomic E-state index is 6.06. The number of hydrogen-bond donors (Lipinski definition) is 1. The lowest BCUT2D eigenvalue weighted by molar-refractivity contribution is 0.604. The average Bonchev–Trinajstić information content (AvgIpc) is 2.93. The third kappa shape index (κ3) is 4.70. The molecular formula is C18H22ClNS. The normalized spacial score (nSPS) is 13.4. The molecule has 1 unspecified atom stereocenters. The molecule has 0 spiro atoms. The fraction of sp³-hybridized carbons (Fsp3) is 0.333. The molecule has 0 saturated heterocycles. The molecule has 3 heteroatoms. The molecule has 0 radical (unpaired) electrons. The van der Waals surface area contributed by atoms with Gasteiger partial charge >= 0.3 is 0 Å². The van der Waals surface area contributed by atoms with Gasteiger partial charge in [0.25, 0.3) is 0 Å². The Morgan fingerprint density at radius 1 is 1.33 bits per heavy atom. The van der Waals surface area contributed by atoms with Crippen LogP contribution in [0, 0.1) is 0 Å². The van der Waals surface area contributed by atoms with Crippen LogP contribution in [0.4, 0.5) is 0 Å². The van der Waals surface area contributed by atoms with E-state index < -0.39 is 0 Å². The van der Waals surface area contributed by atoms with E-state index in [0.717, 1.165) is 18.0 Å². The van der Waals surface area contributed by atoms with Gasteiger partial charge in [0.05, 0.1) is 0 Å². The van der Waals surface area contributed by atoms with Gasteiger partial charge in [0, 0.05) is 20.8 Å². The molecular weight excluding hydrogens is 298 g/mol. The van der Waals surface area contributed by atoms with Gasteiger partial charge in [-0.25, -0.2) is 0 Å². The van der Waals surface area contributed by atoms with E-state index in [1.807, 2.05) is 18.2 Å². The molecule has 1 aromatic heterocycles. The van der Waals surface area contributed by atoms with Gasteiger partial charge in [-0.15, -0.1) is 11.3 Å². The van der Waals surface area contributed by atoms with Crippen molar-refractivity contribution >= 4 is 29.0 Å².